The summed E-state index contributed by atoms with van der Waals surface area (Å²) in [5.41, 5.74) is 8.42. The molecule has 0 radical (unpaired) electrons. The molecule has 1 aliphatic heterocycles. The third-order valence-corrected chi connectivity index (χ3v) is 4.16. The molecule has 1 fully saturated rings. The van der Waals surface area contributed by atoms with Crippen LogP contribution in [0.25, 0.3) is 0 Å². The summed E-state index contributed by atoms with van der Waals surface area (Å²) in [4.78, 5) is 2.56. The van der Waals surface area contributed by atoms with Crippen molar-refractivity contribution >= 4 is 0 Å². The van der Waals surface area contributed by atoms with Crippen LogP contribution >= 0.6 is 0 Å². The van der Waals surface area contributed by atoms with Crippen molar-refractivity contribution in [3.8, 4) is 0 Å². The summed E-state index contributed by atoms with van der Waals surface area (Å²) in [6.45, 7) is 3.12. The second kappa shape index (κ2) is 6.21. The maximum absolute atomic E-state index is 5.66. The molecule has 0 spiro atoms. The average molecular weight is 266 g/mol. The number of nitrogens with zero attached hydrogens (tertiary/aromatic N) is 1. The molecule has 2 heteroatoms. The first-order valence-electron chi connectivity index (χ1n) is 7.42. The molecular weight excluding hydrogens is 244 g/mol. The number of likely N-dealkylation sites (tertiary alicyclic amines) is 1. The standard InChI is InChI=1S/C18H22N2/c19-12-11-15-13-20(14-15)18(16-7-3-1-4-8-16)17-9-5-2-6-10-17/h1-10,15,18H,11-14,19H2. The second-order valence-electron chi connectivity index (χ2n) is 5.62. The van der Waals surface area contributed by atoms with E-state index in [1.807, 2.05) is 0 Å². The Bertz CT molecular complexity index is 478. The fourth-order valence-electron chi connectivity index (χ4n) is 3.12. The lowest BCUT2D eigenvalue weighted by molar-refractivity contribution is 0.0650. The van der Waals surface area contributed by atoms with Crippen LogP contribution in [0.5, 0.6) is 0 Å². The van der Waals surface area contributed by atoms with E-state index in [1.54, 1.807) is 0 Å². The molecule has 20 heavy (non-hydrogen) atoms. The molecule has 1 aliphatic rings. The van der Waals surface area contributed by atoms with Crippen LogP contribution in [-0.2, 0) is 0 Å². The lowest BCUT2D eigenvalue weighted by Crippen LogP contribution is -2.49. The number of benzene rings is 2. The van der Waals surface area contributed by atoms with Gasteiger partial charge >= 0.3 is 0 Å². The van der Waals surface area contributed by atoms with Crippen molar-refractivity contribution < 1.29 is 0 Å². The van der Waals surface area contributed by atoms with Gasteiger partial charge in [-0.05, 0) is 30.0 Å². The lowest BCUT2D eigenvalue weighted by atomic mass is 9.89. The lowest BCUT2D eigenvalue weighted by Gasteiger charge is -2.45. The molecule has 3 rings (SSSR count). The van der Waals surface area contributed by atoms with Crippen molar-refractivity contribution in [1.29, 1.82) is 0 Å². The molecule has 0 unspecified atom stereocenters. The van der Waals surface area contributed by atoms with Gasteiger partial charge in [-0.3, -0.25) is 4.90 Å². The normalized spacial score (nSPS) is 16.3. The summed E-state index contributed by atoms with van der Waals surface area (Å²) in [7, 11) is 0. The first-order valence-corrected chi connectivity index (χ1v) is 7.42. The third-order valence-electron chi connectivity index (χ3n) is 4.16. The van der Waals surface area contributed by atoms with Crippen LogP contribution in [0.15, 0.2) is 60.7 Å². The van der Waals surface area contributed by atoms with Crippen LogP contribution in [0.1, 0.15) is 23.6 Å². The summed E-state index contributed by atoms with van der Waals surface area (Å²) in [6, 6.07) is 22.0. The van der Waals surface area contributed by atoms with Crippen LogP contribution in [0, 0.1) is 5.92 Å². The van der Waals surface area contributed by atoms with Gasteiger partial charge in [0.05, 0.1) is 6.04 Å². The van der Waals surface area contributed by atoms with Crippen molar-refractivity contribution in [2.45, 2.75) is 12.5 Å². The van der Waals surface area contributed by atoms with Gasteiger partial charge in [0.15, 0.2) is 0 Å². The summed E-state index contributed by atoms with van der Waals surface area (Å²) in [5.74, 6) is 0.773. The van der Waals surface area contributed by atoms with Gasteiger partial charge in [0.2, 0.25) is 0 Å². The van der Waals surface area contributed by atoms with Crippen molar-refractivity contribution in [1.82, 2.24) is 4.90 Å². The quantitative estimate of drug-likeness (QED) is 0.901. The van der Waals surface area contributed by atoms with E-state index in [0.717, 1.165) is 32.0 Å². The highest BCUT2D eigenvalue weighted by molar-refractivity contribution is 5.32. The minimum atomic E-state index is 0.381. The fourth-order valence-corrected chi connectivity index (χ4v) is 3.12. The van der Waals surface area contributed by atoms with Crippen molar-refractivity contribution in [3.63, 3.8) is 0 Å². The van der Waals surface area contributed by atoms with E-state index in [9.17, 15) is 0 Å². The molecule has 0 aromatic heterocycles. The number of hydrogen-bond donors (Lipinski definition) is 1. The molecule has 2 nitrogen and oxygen atoms in total. The van der Waals surface area contributed by atoms with E-state index in [2.05, 4.69) is 65.6 Å². The predicted octanol–water partition coefficient (Wildman–Crippen LogP) is 3.06. The van der Waals surface area contributed by atoms with Crippen molar-refractivity contribution in [2.24, 2.45) is 11.7 Å². The van der Waals surface area contributed by atoms with Crippen LogP contribution in [-0.4, -0.2) is 24.5 Å². The minimum absolute atomic E-state index is 0.381. The first-order chi connectivity index (χ1) is 9.88. The molecule has 2 aromatic carbocycles. The van der Waals surface area contributed by atoms with Gasteiger partial charge in [0, 0.05) is 13.1 Å². The SMILES string of the molecule is NCCC1CN(C(c2ccccc2)c2ccccc2)C1. The Morgan fingerprint density at radius 3 is 1.85 bits per heavy atom. The van der Waals surface area contributed by atoms with Gasteiger partial charge in [0.25, 0.3) is 0 Å². The zero-order valence-electron chi connectivity index (χ0n) is 11.8. The fraction of sp³-hybridized carbons (Fsp3) is 0.333. The van der Waals surface area contributed by atoms with Crippen LogP contribution in [0.4, 0.5) is 0 Å². The van der Waals surface area contributed by atoms with E-state index in [0.29, 0.717) is 6.04 Å². The van der Waals surface area contributed by atoms with E-state index >= 15 is 0 Å². The number of rotatable bonds is 5. The van der Waals surface area contributed by atoms with E-state index in [-0.39, 0.29) is 0 Å². The Kier molecular flexibility index (Phi) is 4.14. The van der Waals surface area contributed by atoms with Gasteiger partial charge in [-0.15, -0.1) is 0 Å². The van der Waals surface area contributed by atoms with E-state index in [4.69, 9.17) is 5.73 Å². The van der Waals surface area contributed by atoms with E-state index < -0.39 is 0 Å². The van der Waals surface area contributed by atoms with Gasteiger partial charge in [-0.25, -0.2) is 0 Å². The second-order valence-corrected chi connectivity index (χ2v) is 5.62. The zero-order chi connectivity index (χ0) is 13.8. The van der Waals surface area contributed by atoms with Crippen LogP contribution in [0.2, 0.25) is 0 Å². The molecule has 2 N–H and O–H groups in total. The molecule has 0 aliphatic carbocycles. The van der Waals surface area contributed by atoms with E-state index in [1.165, 1.54) is 11.1 Å². The average Bonchev–Trinajstić information content (AvgIpc) is 2.47. The molecular formula is C18H22N2. The smallest absolute Gasteiger partial charge is 0.0602 e. The minimum Gasteiger partial charge on any atom is -0.330 e. The Hall–Kier alpha value is -1.64. The zero-order valence-corrected chi connectivity index (χ0v) is 11.8. The van der Waals surface area contributed by atoms with Gasteiger partial charge in [-0.2, -0.15) is 0 Å². The van der Waals surface area contributed by atoms with Crippen molar-refractivity contribution in [3.05, 3.63) is 71.8 Å². The van der Waals surface area contributed by atoms with Gasteiger partial charge in [-0.1, -0.05) is 60.7 Å². The van der Waals surface area contributed by atoms with Crippen LogP contribution in [0.3, 0.4) is 0 Å². The Morgan fingerprint density at radius 1 is 0.900 bits per heavy atom. The Balaban J connectivity index is 1.83. The summed E-state index contributed by atoms with van der Waals surface area (Å²) >= 11 is 0. The molecule has 0 atom stereocenters. The molecule has 0 saturated carbocycles. The van der Waals surface area contributed by atoms with Crippen LogP contribution < -0.4 is 5.73 Å². The summed E-state index contributed by atoms with van der Waals surface area (Å²) in [5, 5.41) is 0. The molecule has 0 bridgehead atoms. The maximum atomic E-state index is 5.66. The highest BCUT2D eigenvalue weighted by Gasteiger charge is 2.33. The van der Waals surface area contributed by atoms with Crippen molar-refractivity contribution in [2.75, 3.05) is 19.6 Å². The highest BCUT2D eigenvalue weighted by Crippen LogP contribution is 2.34. The molecule has 104 valence electrons. The monoisotopic (exact) mass is 266 g/mol. The number of nitrogens with two attached hydrogens (primary N) is 1. The largest absolute Gasteiger partial charge is 0.330 e. The number of hydrogen-bond acceptors (Lipinski definition) is 2. The first kappa shape index (κ1) is 13.3. The Morgan fingerprint density at radius 2 is 1.40 bits per heavy atom. The molecule has 2 aromatic rings. The molecule has 1 heterocycles. The Labute approximate surface area is 121 Å². The predicted molar refractivity (Wildman–Crippen MR) is 83.5 cm³/mol. The topological polar surface area (TPSA) is 29.3 Å². The highest BCUT2D eigenvalue weighted by atomic mass is 15.2. The molecule has 0 amide bonds. The molecule has 1 saturated heterocycles. The maximum Gasteiger partial charge on any atom is 0.0602 e. The summed E-state index contributed by atoms with van der Waals surface area (Å²) < 4.78 is 0. The third kappa shape index (κ3) is 2.77. The summed E-state index contributed by atoms with van der Waals surface area (Å²) in [6.07, 6.45) is 1.15. The van der Waals surface area contributed by atoms with Gasteiger partial charge < -0.3 is 5.73 Å². The van der Waals surface area contributed by atoms with Gasteiger partial charge in [0.1, 0.15) is 0 Å².